The zero-order valence-corrected chi connectivity index (χ0v) is 13.4. The van der Waals surface area contributed by atoms with E-state index in [1.807, 2.05) is 30.3 Å². The molecule has 4 rings (SSSR count). The van der Waals surface area contributed by atoms with Crippen LogP contribution in [0.5, 0.6) is 0 Å². The van der Waals surface area contributed by atoms with Crippen LogP contribution in [0, 0.1) is 0 Å². The second-order valence-electron chi connectivity index (χ2n) is 5.67. The van der Waals surface area contributed by atoms with E-state index in [2.05, 4.69) is 9.72 Å². The number of rotatable bonds is 3. The molecular formula is C19H14N2O4. The highest BCUT2D eigenvalue weighted by Crippen LogP contribution is 2.21. The molecule has 0 aliphatic heterocycles. The number of fused-ring (bicyclic) bond motifs is 2. The van der Waals surface area contributed by atoms with Crippen molar-refractivity contribution in [1.29, 1.82) is 0 Å². The first-order chi connectivity index (χ1) is 12.2. The maximum Gasteiger partial charge on any atom is 0.373 e. The molecule has 2 heterocycles. The highest BCUT2D eigenvalue weighted by atomic mass is 16.5. The second-order valence-corrected chi connectivity index (χ2v) is 5.67. The van der Waals surface area contributed by atoms with Crippen LogP contribution in [0.3, 0.4) is 0 Å². The van der Waals surface area contributed by atoms with E-state index in [1.54, 1.807) is 29.1 Å². The molecule has 25 heavy (non-hydrogen) atoms. The van der Waals surface area contributed by atoms with Crippen molar-refractivity contribution in [3.8, 4) is 0 Å². The van der Waals surface area contributed by atoms with Gasteiger partial charge < -0.3 is 9.15 Å². The van der Waals surface area contributed by atoms with Gasteiger partial charge in [0.1, 0.15) is 5.58 Å². The van der Waals surface area contributed by atoms with Crippen molar-refractivity contribution >= 4 is 27.8 Å². The largest absolute Gasteiger partial charge is 0.463 e. The fraction of sp³-hybridized carbons (Fsp3) is 0.105. The van der Waals surface area contributed by atoms with Crippen LogP contribution in [0.2, 0.25) is 0 Å². The van der Waals surface area contributed by atoms with Gasteiger partial charge in [-0.15, -0.1) is 0 Å². The summed E-state index contributed by atoms with van der Waals surface area (Å²) in [6.07, 6.45) is 1.55. The van der Waals surface area contributed by atoms with Gasteiger partial charge in [-0.05, 0) is 35.9 Å². The molecule has 124 valence electrons. The van der Waals surface area contributed by atoms with E-state index >= 15 is 0 Å². The van der Waals surface area contributed by atoms with Gasteiger partial charge in [-0.3, -0.25) is 9.36 Å². The lowest BCUT2D eigenvalue weighted by atomic mass is 10.1. The third-order valence-corrected chi connectivity index (χ3v) is 4.05. The maximum absolute atomic E-state index is 12.6. The first kappa shape index (κ1) is 15.1. The molecule has 0 fully saturated rings. The predicted octanol–water partition coefficient (Wildman–Crippen LogP) is 2.98. The van der Waals surface area contributed by atoms with Gasteiger partial charge >= 0.3 is 5.97 Å². The van der Waals surface area contributed by atoms with Crippen molar-refractivity contribution in [2.24, 2.45) is 0 Å². The van der Waals surface area contributed by atoms with Gasteiger partial charge in [0.15, 0.2) is 0 Å². The number of ether oxygens (including phenoxy) is 1. The van der Waals surface area contributed by atoms with Crippen molar-refractivity contribution < 1.29 is 13.9 Å². The zero-order chi connectivity index (χ0) is 17.4. The van der Waals surface area contributed by atoms with Gasteiger partial charge in [-0.1, -0.05) is 18.2 Å². The Labute approximate surface area is 142 Å². The molecule has 0 saturated carbocycles. The third kappa shape index (κ3) is 2.67. The van der Waals surface area contributed by atoms with Crippen LogP contribution < -0.4 is 5.56 Å². The molecule has 0 amide bonds. The van der Waals surface area contributed by atoms with Crippen LogP contribution in [0.4, 0.5) is 0 Å². The highest BCUT2D eigenvalue weighted by molar-refractivity contribution is 5.92. The SMILES string of the molecule is COC(=O)c1cc2cc(Cn3cnc4ccccc4c3=O)ccc2o1. The van der Waals surface area contributed by atoms with Crippen LogP contribution in [-0.2, 0) is 11.3 Å². The van der Waals surface area contributed by atoms with E-state index in [1.165, 1.54) is 7.11 Å². The van der Waals surface area contributed by atoms with Crippen molar-refractivity contribution in [2.75, 3.05) is 7.11 Å². The lowest BCUT2D eigenvalue weighted by Crippen LogP contribution is -2.21. The Morgan fingerprint density at radius 2 is 2.04 bits per heavy atom. The number of esters is 1. The Hall–Kier alpha value is -3.41. The Morgan fingerprint density at radius 1 is 1.20 bits per heavy atom. The third-order valence-electron chi connectivity index (χ3n) is 4.05. The minimum atomic E-state index is -0.521. The molecule has 0 bridgehead atoms. The summed E-state index contributed by atoms with van der Waals surface area (Å²) >= 11 is 0. The van der Waals surface area contributed by atoms with Gasteiger partial charge in [-0.25, -0.2) is 9.78 Å². The standard InChI is InChI=1S/C19H14N2O4/c1-24-19(23)17-9-13-8-12(6-7-16(13)25-17)10-21-11-20-15-5-3-2-4-14(15)18(21)22/h2-9,11H,10H2,1H3. The van der Waals surface area contributed by atoms with Crippen LogP contribution in [0.15, 0.2) is 64.1 Å². The smallest absolute Gasteiger partial charge is 0.373 e. The molecular weight excluding hydrogens is 320 g/mol. The summed E-state index contributed by atoms with van der Waals surface area (Å²) in [4.78, 5) is 28.5. The number of benzene rings is 2. The van der Waals surface area contributed by atoms with E-state index in [0.29, 0.717) is 23.0 Å². The lowest BCUT2D eigenvalue weighted by molar-refractivity contribution is 0.0567. The number of methoxy groups -OCH3 is 1. The zero-order valence-electron chi connectivity index (χ0n) is 13.4. The number of furan rings is 1. The molecule has 2 aromatic carbocycles. The number of hydrogen-bond donors (Lipinski definition) is 0. The second kappa shape index (κ2) is 5.90. The molecule has 0 aliphatic rings. The van der Waals surface area contributed by atoms with Gasteiger partial charge in [0.25, 0.3) is 5.56 Å². The molecule has 0 saturated heterocycles. The minimum Gasteiger partial charge on any atom is -0.463 e. The monoisotopic (exact) mass is 334 g/mol. The molecule has 6 nitrogen and oxygen atoms in total. The lowest BCUT2D eigenvalue weighted by Gasteiger charge is -2.06. The maximum atomic E-state index is 12.6. The molecule has 0 radical (unpaired) electrons. The van der Waals surface area contributed by atoms with Crippen LogP contribution in [0.25, 0.3) is 21.9 Å². The molecule has 0 atom stereocenters. The molecule has 0 unspecified atom stereocenters. The van der Waals surface area contributed by atoms with Gasteiger partial charge in [0, 0.05) is 5.39 Å². The fourth-order valence-electron chi connectivity index (χ4n) is 2.81. The average molecular weight is 334 g/mol. The number of nitrogens with zero attached hydrogens (tertiary/aromatic N) is 2. The minimum absolute atomic E-state index is 0.0897. The van der Waals surface area contributed by atoms with Crippen LogP contribution in [0.1, 0.15) is 16.1 Å². The van der Waals surface area contributed by atoms with Gasteiger partial charge in [0.2, 0.25) is 5.76 Å². The highest BCUT2D eigenvalue weighted by Gasteiger charge is 2.13. The summed E-state index contributed by atoms with van der Waals surface area (Å²) in [5.74, 6) is -0.369. The van der Waals surface area contributed by atoms with Crippen molar-refractivity contribution in [3.63, 3.8) is 0 Å². The van der Waals surface area contributed by atoms with E-state index in [4.69, 9.17) is 4.42 Å². The first-order valence-electron chi connectivity index (χ1n) is 7.70. The molecule has 0 spiro atoms. The summed E-state index contributed by atoms with van der Waals surface area (Å²) < 4.78 is 11.7. The normalized spacial score (nSPS) is 11.1. The number of para-hydroxylation sites is 1. The number of aromatic nitrogens is 2. The summed E-state index contributed by atoms with van der Waals surface area (Å²) in [5.41, 5.74) is 2.09. The number of carbonyl (C=O) groups excluding carboxylic acids is 1. The van der Waals surface area contributed by atoms with Crippen molar-refractivity contribution in [3.05, 3.63) is 76.5 Å². The molecule has 6 heteroatoms. The summed E-state index contributed by atoms with van der Waals surface area (Å²) in [6, 6.07) is 14.4. The Bertz CT molecular complexity index is 1160. The first-order valence-corrected chi connectivity index (χ1v) is 7.70. The molecule has 4 aromatic rings. The summed E-state index contributed by atoms with van der Waals surface area (Å²) in [7, 11) is 1.31. The van der Waals surface area contributed by atoms with Gasteiger partial charge in [0.05, 0.1) is 30.9 Å². The molecule has 0 aliphatic carbocycles. The van der Waals surface area contributed by atoms with E-state index in [-0.39, 0.29) is 11.3 Å². The van der Waals surface area contributed by atoms with E-state index in [0.717, 1.165) is 10.9 Å². The summed E-state index contributed by atoms with van der Waals surface area (Å²) in [5, 5.41) is 1.36. The van der Waals surface area contributed by atoms with Crippen molar-refractivity contribution in [1.82, 2.24) is 9.55 Å². The van der Waals surface area contributed by atoms with Crippen LogP contribution >= 0.6 is 0 Å². The number of hydrogen-bond acceptors (Lipinski definition) is 5. The van der Waals surface area contributed by atoms with Crippen molar-refractivity contribution in [2.45, 2.75) is 6.54 Å². The Balaban J connectivity index is 1.72. The quantitative estimate of drug-likeness (QED) is 0.539. The summed E-state index contributed by atoms with van der Waals surface area (Å²) in [6.45, 7) is 0.380. The predicted molar refractivity (Wildman–Crippen MR) is 92.7 cm³/mol. The number of carbonyl (C=O) groups is 1. The van der Waals surface area contributed by atoms with Crippen LogP contribution in [-0.4, -0.2) is 22.6 Å². The Morgan fingerprint density at radius 3 is 2.88 bits per heavy atom. The van der Waals surface area contributed by atoms with E-state index in [9.17, 15) is 9.59 Å². The van der Waals surface area contributed by atoms with E-state index < -0.39 is 5.97 Å². The molecule has 2 aromatic heterocycles. The average Bonchev–Trinajstić information content (AvgIpc) is 3.07. The van der Waals surface area contributed by atoms with Gasteiger partial charge in [-0.2, -0.15) is 0 Å². The Kier molecular flexibility index (Phi) is 3.57. The fourth-order valence-corrected chi connectivity index (χ4v) is 2.81. The topological polar surface area (TPSA) is 74.3 Å². The molecule has 0 N–H and O–H groups in total.